The molecule has 2 aromatic heterocycles. The van der Waals surface area contributed by atoms with Crippen LogP contribution in [0.1, 0.15) is 60.4 Å². The van der Waals surface area contributed by atoms with Crippen molar-refractivity contribution in [3.8, 4) is 0 Å². The molecule has 24 heavy (non-hydrogen) atoms. The van der Waals surface area contributed by atoms with Crippen LogP contribution < -0.4 is 0 Å². The summed E-state index contributed by atoms with van der Waals surface area (Å²) in [7, 11) is 0. The molecule has 0 saturated heterocycles. The van der Waals surface area contributed by atoms with Gasteiger partial charge in [-0.05, 0) is 25.2 Å². The largest absolute Gasteiger partial charge is 0.360 e. The molecule has 6 nitrogen and oxygen atoms in total. The standard InChI is InChI=1S/C18H24N4O2/c1-4-21-11-19-13-10-22(8-6-14(13)21)17(23)16-12-9-18(2,3)7-5-15(12)24-20-16/h11H,4-10H2,1-3H3. The minimum Gasteiger partial charge on any atom is -0.360 e. The molecule has 6 heteroatoms. The summed E-state index contributed by atoms with van der Waals surface area (Å²) in [6.45, 7) is 8.78. The predicted octanol–water partition coefficient (Wildman–Crippen LogP) is 2.60. The molecule has 0 spiro atoms. The van der Waals surface area contributed by atoms with Gasteiger partial charge >= 0.3 is 0 Å². The highest BCUT2D eigenvalue weighted by Gasteiger charge is 2.35. The fourth-order valence-electron chi connectivity index (χ4n) is 3.87. The highest BCUT2D eigenvalue weighted by molar-refractivity contribution is 5.94. The minimum atomic E-state index is -0.0191. The van der Waals surface area contributed by atoms with Gasteiger partial charge in [-0.15, -0.1) is 0 Å². The Labute approximate surface area is 141 Å². The van der Waals surface area contributed by atoms with Crippen LogP contribution in [0.15, 0.2) is 10.9 Å². The van der Waals surface area contributed by atoms with Gasteiger partial charge in [0.25, 0.3) is 5.91 Å². The summed E-state index contributed by atoms with van der Waals surface area (Å²) < 4.78 is 7.63. The molecule has 128 valence electrons. The van der Waals surface area contributed by atoms with E-state index in [9.17, 15) is 4.79 Å². The Kier molecular flexibility index (Phi) is 3.51. The first-order chi connectivity index (χ1) is 11.5. The van der Waals surface area contributed by atoms with E-state index in [-0.39, 0.29) is 11.3 Å². The fraction of sp³-hybridized carbons (Fsp3) is 0.611. The van der Waals surface area contributed by atoms with Crippen LogP contribution in [0.5, 0.6) is 0 Å². The molecule has 1 amide bonds. The molecule has 0 aromatic carbocycles. The van der Waals surface area contributed by atoms with Crippen LogP contribution in [-0.4, -0.2) is 32.1 Å². The van der Waals surface area contributed by atoms with Crippen LogP contribution in [0.3, 0.4) is 0 Å². The second-order valence-electron chi connectivity index (χ2n) is 7.67. The third kappa shape index (κ3) is 2.44. The Bertz CT molecular complexity index is 787. The Morgan fingerprint density at radius 1 is 1.38 bits per heavy atom. The zero-order valence-electron chi connectivity index (χ0n) is 14.6. The molecule has 0 fully saturated rings. The lowest BCUT2D eigenvalue weighted by atomic mass is 9.76. The maximum Gasteiger partial charge on any atom is 0.276 e. The number of fused-ring (bicyclic) bond motifs is 2. The van der Waals surface area contributed by atoms with Gasteiger partial charge in [0.1, 0.15) is 5.76 Å². The molecule has 0 unspecified atom stereocenters. The van der Waals surface area contributed by atoms with Crippen molar-refractivity contribution in [1.29, 1.82) is 0 Å². The van der Waals surface area contributed by atoms with Crippen LogP contribution in [0.2, 0.25) is 0 Å². The van der Waals surface area contributed by atoms with Crippen LogP contribution >= 0.6 is 0 Å². The third-order valence-corrected chi connectivity index (χ3v) is 5.38. The van der Waals surface area contributed by atoms with Gasteiger partial charge in [0.05, 0.1) is 18.6 Å². The van der Waals surface area contributed by atoms with E-state index in [1.807, 2.05) is 11.2 Å². The number of amides is 1. The normalized spacial score (nSPS) is 19.0. The maximum absolute atomic E-state index is 13.0. The second-order valence-corrected chi connectivity index (χ2v) is 7.67. The van der Waals surface area contributed by atoms with Gasteiger partial charge in [-0.2, -0.15) is 0 Å². The van der Waals surface area contributed by atoms with Crippen molar-refractivity contribution in [1.82, 2.24) is 19.6 Å². The van der Waals surface area contributed by atoms with Gasteiger partial charge in [-0.25, -0.2) is 4.98 Å². The number of hydrogen-bond donors (Lipinski definition) is 0. The molecule has 1 aliphatic carbocycles. The molecule has 1 aliphatic heterocycles. The van der Waals surface area contributed by atoms with Crippen molar-refractivity contribution < 1.29 is 9.32 Å². The van der Waals surface area contributed by atoms with Gasteiger partial charge in [0, 0.05) is 37.2 Å². The van der Waals surface area contributed by atoms with Crippen molar-refractivity contribution in [2.75, 3.05) is 6.54 Å². The van der Waals surface area contributed by atoms with Crippen LogP contribution in [0.25, 0.3) is 0 Å². The SMILES string of the molecule is CCn1cnc2c1CCN(C(=O)c1noc3c1CC(C)(C)CC3)C2. The monoisotopic (exact) mass is 328 g/mol. The summed E-state index contributed by atoms with van der Waals surface area (Å²) >= 11 is 0. The number of aryl methyl sites for hydroxylation is 2. The molecular weight excluding hydrogens is 304 g/mol. The summed E-state index contributed by atoms with van der Waals surface area (Å²) in [6.07, 6.45) is 5.52. The summed E-state index contributed by atoms with van der Waals surface area (Å²) in [5, 5.41) is 4.12. The van der Waals surface area contributed by atoms with E-state index in [0.29, 0.717) is 18.8 Å². The highest BCUT2D eigenvalue weighted by atomic mass is 16.5. The first kappa shape index (κ1) is 15.4. The quantitative estimate of drug-likeness (QED) is 0.850. The molecule has 0 atom stereocenters. The zero-order chi connectivity index (χ0) is 16.9. The molecule has 0 radical (unpaired) electrons. The molecule has 0 bridgehead atoms. The lowest BCUT2D eigenvalue weighted by Gasteiger charge is -2.29. The Morgan fingerprint density at radius 2 is 2.21 bits per heavy atom. The number of carbonyl (C=O) groups excluding carboxylic acids is 1. The number of imidazole rings is 1. The van der Waals surface area contributed by atoms with E-state index < -0.39 is 0 Å². The number of carbonyl (C=O) groups is 1. The topological polar surface area (TPSA) is 64.2 Å². The van der Waals surface area contributed by atoms with Crippen molar-refractivity contribution in [3.63, 3.8) is 0 Å². The van der Waals surface area contributed by atoms with Gasteiger partial charge < -0.3 is 14.0 Å². The molecule has 0 saturated carbocycles. The summed E-state index contributed by atoms with van der Waals surface area (Å²) in [6, 6.07) is 0. The minimum absolute atomic E-state index is 0.0191. The average molecular weight is 328 g/mol. The van der Waals surface area contributed by atoms with Gasteiger partial charge in [-0.1, -0.05) is 19.0 Å². The van der Waals surface area contributed by atoms with Crippen LogP contribution in [-0.2, 0) is 32.4 Å². The Balaban J connectivity index is 1.59. The van der Waals surface area contributed by atoms with Crippen molar-refractivity contribution in [3.05, 3.63) is 34.7 Å². The van der Waals surface area contributed by atoms with Crippen LogP contribution in [0, 0.1) is 5.41 Å². The summed E-state index contributed by atoms with van der Waals surface area (Å²) in [5.41, 5.74) is 3.99. The van der Waals surface area contributed by atoms with E-state index in [2.05, 4.69) is 35.5 Å². The average Bonchev–Trinajstić information content (AvgIpc) is 3.15. The van der Waals surface area contributed by atoms with Gasteiger partial charge in [0.15, 0.2) is 5.69 Å². The number of nitrogens with zero attached hydrogens (tertiary/aromatic N) is 4. The van der Waals surface area contributed by atoms with Crippen LogP contribution in [0.4, 0.5) is 0 Å². The Hall–Kier alpha value is -2.11. The van der Waals surface area contributed by atoms with E-state index in [0.717, 1.165) is 49.2 Å². The van der Waals surface area contributed by atoms with E-state index in [4.69, 9.17) is 4.52 Å². The predicted molar refractivity (Wildman–Crippen MR) is 88.7 cm³/mol. The number of rotatable bonds is 2. The van der Waals surface area contributed by atoms with Crippen molar-refractivity contribution in [2.45, 2.75) is 59.5 Å². The first-order valence-electron chi connectivity index (χ1n) is 8.78. The lowest BCUT2D eigenvalue weighted by molar-refractivity contribution is 0.0719. The fourth-order valence-corrected chi connectivity index (χ4v) is 3.87. The van der Waals surface area contributed by atoms with Crippen molar-refractivity contribution in [2.24, 2.45) is 5.41 Å². The maximum atomic E-state index is 13.0. The second kappa shape index (κ2) is 5.46. The third-order valence-electron chi connectivity index (χ3n) is 5.38. The van der Waals surface area contributed by atoms with E-state index in [1.54, 1.807) is 0 Å². The summed E-state index contributed by atoms with van der Waals surface area (Å²) in [4.78, 5) is 19.3. The molecule has 0 N–H and O–H groups in total. The van der Waals surface area contributed by atoms with Gasteiger partial charge in [0.2, 0.25) is 0 Å². The molecule has 4 rings (SSSR count). The van der Waals surface area contributed by atoms with E-state index >= 15 is 0 Å². The summed E-state index contributed by atoms with van der Waals surface area (Å²) in [5.74, 6) is 0.875. The number of aromatic nitrogens is 3. The van der Waals surface area contributed by atoms with Crippen molar-refractivity contribution >= 4 is 5.91 Å². The Morgan fingerprint density at radius 3 is 3.00 bits per heavy atom. The first-order valence-corrected chi connectivity index (χ1v) is 8.78. The molecule has 3 heterocycles. The molecule has 2 aliphatic rings. The van der Waals surface area contributed by atoms with Gasteiger partial charge in [-0.3, -0.25) is 4.79 Å². The lowest BCUT2D eigenvalue weighted by Crippen LogP contribution is -2.37. The highest BCUT2D eigenvalue weighted by Crippen LogP contribution is 2.36. The molecule has 2 aromatic rings. The number of hydrogen-bond acceptors (Lipinski definition) is 4. The molecular formula is C18H24N4O2. The zero-order valence-corrected chi connectivity index (χ0v) is 14.6. The smallest absolute Gasteiger partial charge is 0.276 e. The van der Waals surface area contributed by atoms with E-state index in [1.165, 1.54) is 5.69 Å².